The van der Waals surface area contributed by atoms with E-state index in [0.29, 0.717) is 12.1 Å². The molecule has 0 saturated carbocycles. The highest BCUT2D eigenvalue weighted by molar-refractivity contribution is 7.10. The van der Waals surface area contributed by atoms with E-state index >= 15 is 0 Å². The Balaban J connectivity index is 1.33. The average Bonchev–Trinajstić information content (AvgIpc) is 3.41. The Hall–Kier alpha value is -3.65. The predicted molar refractivity (Wildman–Crippen MR) is 138 cm³/mol. The molecule has 3 aromatic rings. The van der Waals surface area contributed by atoms with Crippen LogP contribution in [-0.2, 0) is 21.5 Å². The Morgan fingerprint density at radius 1 is 1.09 bits per heavy atom. The monoisotopic (exact) mass is 488 g/mol. The fourth-order valence-corrected chi connectivity index (χ4v) is 6.02. The predicted octanol–water partition coefficient (Wildman–Crippen LogP) is 5.02. The molecule has 8 heteroatoms. The van der Waals surface area contributed by atoms with Crippen LogP contribution in [0, 0.1) is 0 Å². The number of hydrogen-bond donors (Lipinski definition) is 2. The van der Waals surface area contributed by atoms with Gasteiger partial charge in [-0.15, -0.1) is 11.3 Å². The van der Waals surface area contributed by atoms with Crippen LogP contribution in [0.5, 0.6) is 0 Å². The van der Waals surface area contributed by atoms with Crippen LogP contribution in [0.15, 0.2) is 66.0 Å². The Morgan fingerprint density at radius 2 is 1.80 bits per heavy atom. The first-order valence-electron chi connectivity index (χ1n) is 11.8. The normalized spacial score (nSPS) is 19.1. The number of hydrogen-bond acceptors (Lipinski definition) is 5. The molecule has 1 atom stereocenters. The smallest absolute Gasteiger partial charge is 0.325 e. The Morgan fingerprint density at radius 3 is 2.51 bits per heavy atom. The molecule has 2 aliphatic rings. The molecule has 0 bridgehead atoms. The summed E-state index contributed by atoms with van der Waals surface area (Å²) in [5, 5.41) is 8.21. The summed E-state index contributed by atoms with van der Waals surface area (Å²) in [6.45, 7) is 3.54. The number of imide groups is 1. The molecule has 35 heavy (non-hydrogen) atoms. The van der Waals surface area contributed by atoms with Gasteiger partial charge in [-0.1, -0.05) is 18.2 Å². The lowest BCUT2D eigenvalue weighted by Gasteiger charge is -2.31. The number of nitrogens with zero attached hydrogens (tertiary/aromatic N) is 2. The van der Waals surface area contributed by atoms with Crippen molar-refractivity contribution in [2.75, 3.05) is 16.8 Å². The number of benzene rings is 2. The van der Waals surface area contributed by atoms with Crippen molar-refractivity contribution in [2.45, 2.75) is 44.7 Å². The first-order chi connectivity index (χ1) is 16.9. The van der Waals surface area contributed by atoms with Crippen LogP contribution in [-0.4, -0.2) is 35.3 Å². The van der Waals surface area contributed by atoms with Crippen LogP contribution in [0.3, 0.4) is 0 Å². The molecule has 7 nitrogen and oxygen atoms in total. The van der Waals surface area contributed by atoms with Crippen LogP contribution in [0.25, 0.3) is 0 Å². The van der Waals surface area contributed by atoms with E-state index in [1.807, 2.05) is 79.9 Å². The van der Waals surface area contributed by atoms with E-state index in [2.05, 4.69) is 10.6 Å². The highest BCUT2D eigenvalue weighted by Gasteiger charge is 2.54. The number of carbonyl (C=O) groups is 3. The third-order valence-electron chi connectivity index (χ3n) is 6.62. The van der Waals surface area contributed by atoms with E-state index in [4.69, 9.17) is 0 Å². The molecular weight excluding hydrogens is 460 g/mol. The van der Waals surface area contributed by atoms with E-state index in [0.717, 1.165) is 39.6 Å². The summed E-state index contributed by atoms with van der Waals surface area (Å²) in [6, 6.07) is 18.7. The van der Waals surface area contributed by atoms with Gasteiger partial charge in [0.05, 0.1) is 0 Å². The molecule has 1 saturated heterocycles. The van der Waals surface area contributed by atoms with Gasteiger partial charge in [0.1, 0.15) is 12.1 Å². The minimum atomic E-state index is -1.04. The number of amides is 4. The molecule has 1 fully saturated rings. The van der Waals surface area contributed by atoms with Crippen LogP contribution in [0.2, 0.25) is 0 Å². The fraction of sp³-hybridized carbons (Fsp3) is 0.296. The van der Waals surface area contributed by atoms with E-state index in [1.165, 1.54) is 0 Å². The summed E-state index contributed by atoms with van der Waals surface area (Å²) in [7, 11) is 0. The summed E-state index contributed by atoms with van der Waals surface area (Å²) in [6.07, 6.45) is 2.28. The average molecular weight is 489 g/mol. The number of anilines is 3. The molecule has 1 aliphatic heterocycles. The molecule has 4 amide bonds. The molecule has 2 aromatic carbocycles. The fourth-order valence-electron chi connectivity index (χ4n) is 5.02. The Bertz CT molecular complexity index is 1250. The Kier molecular flexibility index (Phi) is 6.06. The van der Waals surface area contributed by atoms with E-state index in [-0.39, 0.29) is 24.4 Å². The second-order valence-electron chi connectivity index (χ2n) is 9.23. The zero-order valence-corrected chi connectivity index (χ0v) is 20.6. The lowest BCUT2D eigenvalue weighted by Crippen LogP contribution is -2.48. The molecule has 180 valence electrons. The third kappa shape index (κ3) is 4.18. The first kappa shape index (κ1) is 23.1. The summed E-state index contributed by atoms with van der Waals surface area (Å²) in [5.74, 6) is -0.632. The van der Waals surface area contributed by atoms with Gasteiger partial charge in [0.2, 0.25) is 5.91 Å². The number of fused-ring (bicyclic) bond motifs is 2. The number of para-hydroxylation sites is 1. The lowest BCUT2D eigenvalue weighted by molar-refractivity contribution is -0.135. The SMILES string of the molecule is CC(C)N(C(=O)CN1C(=O)N[C@]2(CCCc3sccc32)C1=O)c1ccc(Nc2ccccc2)cc1. The minimum Gasteiger partial charge on any atom is -0.356 e. The summed E-state index contributed by atoms with van der Waals surface area (Å²) < 4.78 is 0. The summed E-state index contributed by atoms with van der Waals surface area (Å²) >= 11 is 1.61. The van der Waals surface area contributed by atoms with Crippen LogP contribution in [0.4, 0.5) is 21.9 Å². The third-order valence-corrected chi connectivity index (χ3v) is 7.60. The molecule has 1 aromatic heterocycles. The first-order valence-corrected chi connectivity index (χ1v) is 12.7. The van der Waals surface area contributed by atoms with E-state index in [9.17, 15) is 14.4 Å². The second-order valence-corrected chi connectivity index (χ2v) is 10.2. The quantitative estimate of drug-likeness (QED) is 0.478. The van der Waals surface area contributed by atoms with Crippen molar-refractivity contribution >= 4 is 46.2 Å². The molecule has 2 N–H and O–H groups in total. The van der Waals surface area contributed by atoms with Crippen LogP contribution >= 0.6 is 11.3 Å². The maximum absolute atomic E-state index is 13.5. The van der Waals surface area contributed by atoms with Crippen molar-refractivity contribution in [3.8, 4) is 0 Å². The lowest BCUT2D eigenvalue weighted by atomic mass is 9.80. The number of rotatable bonds is 6. The van der Waals surface area contributed by atoms with Crippen molar-refractivity contribution in [3.63, 3.8) is 0 Å². The van der Waals surface area contributed by atoms with Gasteiger partial charge in [0, 0.05) is 33.5 Å². The molecule has 1 spiro atoms. The maximum Gasteiger partial charge on any atom is 0.325 e. The molecule has 0 radical (unpaired) electrons. The van der Waals surface area contributed by atoms with Gasteiger partial charge in [-0.3, -0.25) is 14.5 Å². The Labute approximate surface area is 208 Å². The van der Waals surface area contributed by atoms with Gasteiger partial charge in [0.25, 0.3) is 5.91 Å². The maximum atomic E-state index is 13.5. The zero-order valence-electron chi connectivity index (χ0n) is 19.8. The van der Waals surface area contributed by atoms with Crippen molar-refractivity contribution in [1.29, 1.82) is 0 Å². The highest BCUT2D eigenvalue weighted by atomic mass is 32.1. The van der Waals surface area contributed by atoms with Gasteiger partial charge in [-0.05, 0) is 81.0 Å². The molecule has 2 heterocycles. The van der Waals surface area contributed by atoms with Gasteiger partial charge < -0.3 is 15.5 Å². The van der Waals surface area contributed by atoms with Crippen LogP contribution in [0.1, 0.15) is 37.1 Å². The van der Waals surface area contributed by atoms with Gasteiger partial charge in [0.15, 0.2) is 0 Å². The number of urea groups is 1. The van der Waals surface area contributed by atoms with Gasteiger partial charge in [-0.2, -0.15) is 0 Å². The van der Waals surface area contributed by atoms with Crippen molar-refractivity contribution < 1.29 is 14.4 Å². The van der Waals surface area contributed by atoms with Gasteiger partial charge >= 0.3 is 6.03 Å². The molecular formula is C27H28N4O3S. The number of nitrogens with one attached hydrogen (secondary N) is 2. The van der Waals surface area contributed by atoms with E-state index < -0.39 is 11.6 Å². The van der Waals surface area contributed by atoms with Crippen LogP contribution < -0.4 is 15.5 Å². The summed E-state index contributed by atoms with van der Waals surface area (Å²) in [4.78, 5) is 43.7. The zero-order chi connectivity index (χ0) is 24.6. The van der Waals surface area contributed by atoms with Crippen molar-refractivity contribution in [3.05, 3.63) is 76.5 Å². The molecule has 1 aliphatic carbocycles. The largest absolute Gasteiger partial charge is 0.356 e. The minimum absolute atomic E-state index is 0.150. The van der Waals surface area contributed by atoms with Crippen molar-refractivity contribution in [1.82, 2.24) is 10.2 Å². The topological polar surface area (TPSA) is 81.8 Å². The summed E-state index contributed by atoms with van der Waals surface area (Å²) in [5.41, 5.74) is 2.42. The second kappa shape index (κ2) is 9.19. The highest BCUT2D eigenvalue weighted by Crippen LogP contribution is 2.42. The molecule has 5 rings (SSSR count). The molecule has 0 unspecified atom stereocenters. The number of thiophene rings is 1. The standard InChI is InChI=1S/C27H28N4O3S/c1-18(2)31(21-12-10-20(11-13-21)28-19-7-4-3-5-8-19)24(32)17-30-25(33)27(29-26(30)34)15-6-9-23-22(27)14-16-35-23/h3-5,7-8,10-14,16,18,28H,6,9,15,17H2,1-2H3,(H,29,34)/t27-/m0/s1. The van der Waals surface area contributed by atoms with Crippen molar-refractivity contribution in [2.24, 2.45) is 0 Å². The number of carbonyl (C=O) groups excluding carboxylic acids is 3. The van der Waals surface area contributed by atoms with E-state index in [1.54, 1.807) is 16.2 Å². The van der Waals surface area contributed by atoms with Gasteiger partial charge in [-0.25, -0.2) is 4.79 Å². The number of aryl methyl sites for hydroxylation is 1.